The Morgan fingerprint density at radius 1 is 1.62 bits per heavy atom. The first-order chi connectivity index (χ1) is 6.20. The van der Waals surface area contributed by atoms with E-state index in [1.165, 1.54) is 18.2 Å². The summed E-state index contributed by atoms with van der Waals surface area (Å²) in [6, 6.07) is 5.96. The highest BCUT2D eigenvalue weighted by molar-refractivity contribution is 5.53. The molecule has 0 aliphatic rings. The van der Waals surface area contributed by atoms with Gasteiger partial charge < -0.3 is 5.11 Å². The minimum Gasteiger partial charge on any atom is -0.391 e. The summed E-state index contributed by atoms with van der Waals surface area (Å²) in [5.74, 6) is 0. The molecule has 0 spiro atoms. The second-order valence-corrected chi connectivity index (χ2v) is 2.34. The molecule has 0 saturated carbocycles. The maximum Gasteiger partial charge on any atom is 0.292 e. The van der Waals surface area contributed by atoms with Crippen molar-refractivity contribution in [3.63, 3.8) is 0 Å². The lowest BCUT2D eigenvalue weighted by Gasteiger charge is -1.99. The van der Waals surface area contributed by atoms with Gasteiger partial charge in [0.2, 0.25) is 0 Å². The van der Waals surface area contributed by atoms with Crippen LogP contribution in [0.5, 0.6) is 0 Å². The van der Waals surface area contributed by atoms with Gasteiger partial charge in [0, 0.05) is 0 Å². The molecule has 0 fully saturated rings. The summed E-state index contributed by atoms with van der Waals surface area (Å²) in [5.41, 5.74) is -0.187. The van der Waals surface area contributed by atoms with Gasteiger partial charge in [-0.15, -0.1) is 0 Å². The number of para-hydroxylation sites is 1. The molecule has 0 amide bonds. The van der Waals surface area contributed by atoms with Crippen LogP contribution in [-0.4, -0.2) is 10.0 Å². The van der Waals surface area contributed by atoms with Gasteiger partial charge in [0.05, 0.1) is 17.1 Å². The van der Waals surface area contributed by atoms with Crippen LogP contribution in [0.2, 0.25) is 0 Å². The molecule has 0 atom stereocenters. The van der Waals surface area contributed by atoms with Crippen molar-refractivity contribution in [2.24, 2.45) is 0 Å². The number of hydrogen-bond donors (Lipinski definition) is 1. The van der Waals surface area contributed by atoms with Crippen LogP contribution in [0.25, 0.3) is 0 Å². The summed E-state index contributed by atoms with van der Waals surface area (Å²) in [5, 5.41) is 27.8. The SMILES string of the molecule is N#Cc1cccc(CO)c1[N+](=O)[O-]. The summed E-state index contributed by atoms with van der Waals surface area (Å²) in [4.78, 5) is 9.84. The number of nitro groups is 1. The lowest BCUT2D eigenvalue weighted by atomic mass is 10.1. The van der Waals surface area contributed by atoms with E-state index in [4.69, 9.17) is 10.4 Å². The number of nitriles is 1. The maximum atomic E-state index is 10.5. The smallest absolute Gasteiger partial charge is 0.292 e. The van der Waals surface area contributed by atoms with Crippen molar-refractivity contribution in [2.75, 3.05) is 0 Å². The van der Waals surface area contributed by atoms with Crippen molar-refractivity contribution in [2.45, 2.75) is 6.61 Å². The first-order valence-corrected chi connectivity index (χ1v) is 3.48. The molecule has 66 valence electrons. The van der Waals surface area contributed by atoms with Gasteiger partial charge in [0.1, 0.15) is 11.6 Å². The molecule has 1 aromatic carbocycles. The van der Waals surface area contributed by atoms with Crippen LogP contribution in [0.3, 0.4) is 0 Å². The number of rotatable bonds is 2. The highest BCUT2D eigenvalue weighted by Gasteiger charge is 2.17. The molecule has 5 heteroatoms. The van der Waals surface area contributed by atoms with Gasteiger partial charge in [-0.1, -0.05) is 6.07 Å². The third-order valence-corrected chi connectivity index (χ3v) is 1.59. The predicted molar refractivity (Wildman–Crippen MR) is 43.7 cm³/mol. The molecule has 1 N–H and O–H groups in total. The highest BCUT2D eigenvalue weighted by atomic mass is 16.6. The summed E-state index contributed by atoms with van der Waals surface area (Å²) >= 11 is 0. The average molecular weight is 178 g/mol. The maximum absolute atomic E-state index is 10.5. The van der Waals surface area contributed by atoms with Gasteiger partial charge in [-0.2, -0.15) is 5.26 Å². The van der Waals surface area contributed by atoms with Gasteiger partial charge in [0.25, 0.3) is 5.69 Å². The van der Waals surface area contributed by atoms with Gasteiger partial charge in [-0.05, 0) is 12.1 Å². The summed E-state index contributed by atoms with van der Waals surface area (Å²) < 4.78 is 0. The Morgan fingerprint density at radius 3 is 2.77 bits per heavy atom. The van der Waals surface area contributed by atoms with Crippen LogP contribution in [0.1, 0.15) is 11.1 Å². The van der Waals surface area contributed by atoms with Gasteiger partial charge in [-0.25, -0.2) is 0 Å². The summed E-state index contributed by atoms with van der Waals surface area (Å²) in [7, 11) is 0. The highest BCUT2D eigenvalue weighted by Crippen LogP contribution is 2.22. The number of hydrogen-bond acceptors (Lipinski definition) is 4. The van der Waals surface area contributed by atoms with E-state index in [9.17, 15) is 10.1 Å². The molecule has 0 radical (unpaired) electrons. The molecule has 0 heterocycles. The standard InChI is InChI=1S/C8H6N2O3/c9-4-6-2-1-3-7(5-11)8(6)10(12)13/h1-3,11H,5H2. The topological polar surface area (TPSA) is 87.2 Å². The Kier molecular flexibility index (Phi) is 2.57. The fourth-order valence-corrected chi connectivity index (χ4v) is 1.02. The van der Waals surface area contributed by atoms with Crippen molar-refractivity contribution < 1.29 is 10.0 Å². The van der Waals surface area contributed by atoms with E-state index in [0.29, 0.717) is 0 Å². The molecule has 0 aliphatic carbocycles. The van der Waals surface area contributed by atoms with Gasteiger partial charge >= 0.3 is 0 Å². The quantitative estimate of drug-likeness (QED) is 0.539. The molecule has 0 aromatic heterocycles. The van der Waals surface area contributed by atoms with E-state index in [2.05, 4.69) is 0 Å². The molecule has 0 bridgehead atoms. The van der Waals surface area contributed by atoms with E-state index in [1.54, 1.807) is 6.07 Å². The number of aliphatic hydroxyl groups is 1. The van der Waals surface area contributed by atoms with Gasteiger partial charge in [0.15, 0.2) is 0 Å². The first-order valence-electron chi connectivity index (χ1n) is 3.48. The second kappa shape index (κ2) is 3.65. The average Bonchev–Trinajstić information content (AvgIpc) is 2.16. The van der Waals surface area contributed by atoms with Crippen molar-refractivity contribution >= 4 is 5.69 Å². The zero-order valence-electron chi connectivity index (χ0n) is 6.60. The van der Waals surface area contributed by atoms with E-state index in [0.717, 1.165) is 0 Å². The summed E-state index contributed by atoms with van der Waals surface area (Å²) in [6.07, 6.45) is 0. The lowest BCUT2D eigenvalue weighted by molar-refractivity contribution is -0.386. The van der Waals surface area contributed by atoms with Gasteiger partial charge in [-0.3, -0.25) is 10.1 Å². The van der Waals surface area contributed by atoms with E-state index < -0.39 is 11.5 Å². The second-order valence-electron chi connectivity index (χ2n) is 2.34. The zero-order valence-corrected chi connectivity index (χ0v) is 6.60. The van der Waals surface area contributed by atoms with Crippen LogP contribution in [0, 0.1) is 21.4 Å². The van der Waals surface area contributed by atoms with Crippen LogP contribution in [0.15, 0.2) is 18.2 Å². The van der Waals surface area contributed by atoms with E-state index in [1.807, 2.05) is 0 Å². The fourth-order valence-electron chi connectivity index (χ4n) is 1.02. The monoisotopic (exact) mass is 178 g/mol. The molecule has 13 heavy (non-hydrogen) atoms. The molecule has 0 aliphatic heterocycles. The Labute approximate surface area is 74.0 Å². The lowest BCUT2D eigenvalue weighted by Crippen LogP contribution is -1.98. The number of benzene rings is 1. The van der Waals surface area contributed by atoms with Crippen LogP contribution < -0.4 is 0 Å². The minimum atomic E-state index is -0.663. The van der Waals surface area contributed by atoms with Crippen molar-refractivity contribution in [3.05, 3.63) is 39.4 Å². The van der Waals surface area contributed by atoms with Crippen LogP contribution >= 0.6 is 0 Å². The Morgan fingerprint density at radius 2 is 2.31 bits per heavy atom. The van der Waals surface area contributed by atoms with E-state index >= 15 is 0 Å². The molecule has 1 rings (SSSR count). The fraction of sp³-hybridized carbons (Fsp3) is 0.125. The first kappa shape index (κ1) is 9.16. The van der Waals surface area contributed by atoms with E-state index in [-0.39, 0.29) is 16.8 Å². The molecule has 0 unspecified atom stereocenters. The van der Waals surface area contributed by atoms with Crippen LogP contribution in [0.4, 0.5) is 5.69 Å². The molecule has 1 aromatic rings. The predicted octanol–water partition coefficient (Wildman–Crippen LogP) is 0.959. The normalized spacial score (nSPS) is 9.23. The number of nitrogens with zero attached hydrogens (tertiary/aromatic N) is 2. The Balaban J connectivity index is 3.41. The van der Waals surface area contributed by atoms with Crippen molar-refractivity contribution in [1.29, 1.82) is 5.26 Å². The number of aliphatic hydroxyl groups excluding tert-OH is 1. The minimum absolute atomic E-state index is 0.0310. The molecule has 0 saturated heterocycles. The van der Waals surface area contributed by atoms with Crippen LogP contribution in [-0.2, 0) is 6.61 Å². The molecular formula is C8H6N2O3. The summed E-state index contributed by atoms with van der Waals surface area (Å²) in [6.45, 7) is -0.439. The molecular weight excluding hydrogens is 172 g/mol. The van der Waals surface area contributed by atoms with Crippen molar-refractivity contribution in [3.8, 4) is 6.07 Å². The zero-order chi connectivity index (χ0) is 9.84. The number of nitro benzene ring substituents is 1. The third kappa shape index (κ3) is 1.63. The molecule has 5 nitrogen and oxygen atoms in total. The Hall–Kier alpha value is -1.93. The largest absolute Gasteiger partial charge is 0.391 e. The Bertz CT molecular complexity index is 381. The van der Waals surface area contributed by atoms with Crippen molar-refractivity contribution in [1.82, 2.24) is 0 Å². The third-order valence-electron chi connectivity index (χ3n) is 1.59.